The Bertz CT molecular complexity index is 631. The van der Waals surface area contributed by atoms with E-state index in [4.69, 9.17) is 0 Å². The Morgan fingerprint density at radius 2 is 2.04 bits per heavy atom. The fourth-order valence-corrected chi connectivity index (χ4v) is 4.09. The number of thioether (sulfide) groups is 2. The summed E-state index contributed by atoms with van der Waals surface area (Å²) >= 11 is 4.52. The highest BCUT2D eigenvalue weighted by molar-refractivity contribution is 8.01. The van der Waals surface area contributed by atoms with Crippen LogP contribution in [0, 0.1) is 11.7 Å². The molecular weight excluding hydrogens is 353 g/mol. The molecule has 0 aliphatic heterocycles. The van der Waals surface area contributed by atoms with Crippen molar-refractivity contribution in [3.63, 3.8) is 0 Å². The Morgan fingerprint density at radius 3 is 2.74 bits per heavy atom. The van der Waals surface area contributed by atoms with E-state index in [2.05, 4.69) is 29.4 Å². The van der Waals surface area contributed by atoms with Gasteiger partial charge in [0.15, 0.2) is 4.34 Å². The summed E-state index contributed by atoms with van der Waals surface area (Å²) in [5.74, 6) is 2.21. The van der Waals surface area contributed by atoms with Gasteiger partial charge in [-0.25, -0.2) is 4.39 Å². The maximum atomic E-state index is 12.8. The number of rotatable bonds is 8. The van der Waals surface area contributed by atoms with Gasteiger partial charge in [0.1, 0.15) is 5.82 Å². The zero-order valence-corrected chi connectivity index (χ0v) is 15.4. The van der Waals surface area contributed by atoms with Crippen LogP contribution in [0.15, 0.2) is 28.6 Å². The zero-order valence-electron chi connectivity index (χ0n) is 12.9. The van der Waals surface area contributed by atoms with Crippen LogP contribution in [-0.2, 0) is 10.5 Å². The second kappa shape index (κ2) is 9.24. The molecule has 4 nitrogen and oxygen atoms in total. The third-order valence-electron chi connectivity index (χ3n) is 2.61. The van der Waals surface area contributed by atoms with E-state index >= 15 is 0 Å². The average Bonchev–Trinajstić information content (AvgIpc) is 2.94. The fourth-order valence-electron chi connectivity index (χ4n) is 1.55. The number of carbonyl (C=O) groups is 1. The van der Waals surface area contributed by atoms with Crippen LogP contribution < -0.4 is 5.32 Å². The molecule has 0 saturated heterocycles. The van der Waals surface area contributed by atoms with Crippen LogP contribution in [0.5, 0.6) is 0 Å². The Balaban J connectivity index is 1.71. The average molecular weight is 372 g/mol. The van der Waals surface area contributed by atoms with Gasteiger partial charge in [0.05, 0.1) is 5.75 Å². The number of amides is 1. The Morgan fingerprint density at radius 1 is 1.30 bits per heavy atom. The van der Waals surface area contributed by atoms with Gasteiger partial charge in [-0.1, -0.05) is 49.1 Å². The highest BCUT2D eigenvalue weighted by Gasteiger charge is 2.09. The molecule has 0 bridgehead atoms. The number of hydrogen-bond acceptors (Lipinski definition) is 6. The first-order chi connectivity index (χ1) is 11.0. The number of nitrogens with zero attached hydrogens (tertiary/aromatic N) is 2. The van der Waals surface area contributed by atoms with Crippen molar-refractivity contribution in [3.05, 3.63) is 35.6 Å². The van der Waals surface area contributed by atoms with E-state index in [1.54, 1.807) is 23.9 Å². The molecule has 1 N–H and O–H groups in total. The molecule has 1 amide bonds. The van der Waals surface area contributed by atoms with Gasteiger partial charge < -0.3 is 0 Å². The summed E-state index contributed by atoms with van der Waals surface area (Å²) in [5.41, 5.74) is 0.993. The van der Waals surface area contributed by atoms with Crippen molar-refractivity contribution in [2.75, 3.05) is 16.8 Å². The summed E-state index contributed by atoms with van der Waals surface area (Å²) in [4.78, 5) is 11.9. The molecule has 23 heavy (non-hydrogen) atoms. The second-order valence-corrected chi connectivity index (χ2v) is 8.48. The highest BCUT2D eigenvalue weighted by Crippen LogP contribution is 2.27. The van der Waals surface area contributed by atoms with Crippen molar-refractivity contribution < 1.29 is 9.18 Å². The number of benzene rings is 1. The maximum absolute atomic E-state index is 12.8. The van der Waals surface area contributed by atoms with Gasteiger partial charge in [0.2, 0.25) is 11.0 Å². The van der Waals surface area contributed by atoms with Crippen molar-refractivity contribution >= 4 is 45.9 Å². The Labute approximate surface area is 147 Å². The number of nitrogens with one attached hydrogen (secondary N) is 1. The maximum Gasteiger partial charge on any atom is 0.236 e. The molecule has 2 aromatic rings. The van der Waals surface area contributed by atoms with Crippen molar-refractivity contribution in [2.45, 2.75) is 23.9 Å². The molecule has 2 rings (SSSR count). The molecule has 0 spiro atoms. The van der Waals surface area contributed by atoms with Crippen molar-refractivity contribution in [1.82, 2.24) is 10.2 Å². The third kappa shape index (κ3) is 6.88. The predicted octanol–water partition coefficient (Wildman–Crippen LogP) is 4.30. The molecule has 1 aromatic carbocycles. The number of hydrogen-bond donors (Lipinski definition) is 1. The Kier molecular flexibility index (Phi) is 7.32. The lowest BCUT2D eigenvalue weighted by Crippen LogP contribution is -2.13. The quantitative estimate of drug-likeness (QED) is 0.554. The number of anilines is 1. The van der Waals surface area contributed by atoms with E-state index < -0.39 is 0 Å². The summed E-state index contributed by atoms with van der Waals surface area (Å²) in [6.07, 6.45) is 0. The van der Waals surface area contributed by atoms with Crippen molar-refractivity contribution in [2.24, 2.45) is 5.92 Å². The summed E-state index contributed by atoms with van der Waals surface area (Å²) in [6.45, 7) is 4.30. The molecule has 0 saturated carbocycles. The minimum atomic E-state index is -0.251. The lowest BCUT2D eigenvalue weighted by atomic mass is 10.2. The number of carbonyl (C=O) groups excluding carboxylic acids is 1. The smallest absolute Gasteiger partial charge is 0.236 e. The molecule has 1 aromatic heterocycles. The zero-order chi connectivity index (χ0) is 16.7. The van der Waals surface area contributed by atoms with Crippen LogP contribution >= 0.6 is 34.9 Å². The van der Waals surface area contributed by atoms with Gasteiger partial charge in [0, 0.05) is 11.5 Å². The monoisotopic (exact) mass is 371 g/mol. The topological polar surface area (TPSA) is 54.9 Å². The van der Waals surface area contributed by atoms with Crippen LogP contribution in [-0.4, -0.2) is 27.6 Å². The van der Waals surface area contributed by atoms with Crippen LogP contribution in [0.4, 0.5) is 9.52 Å². The lowest BCUT2D eigenvalue weighted by Gasteiger charge is -2.02. The molecular formula is C15H18FN3OS3. The lowest BCUT2D eigenvalue weighted by molar-refractivity contribution is -0.113. The number of aromatic nitrogens is 2. The van der Waals surface area contributed by atoms with Crippen LogP contribution in [0.2, 0.25) is 0 Å². The largest absolute Gasteiger partial charge is 0.300 e. The summed E-state index contributed by atoms with van der Waals surface area (Å²) in [5, 5.41) is 11.3. The van der Waals surface area contributed by atoms with E-state index in [1.807, 2.05) is 0 Å². The first-order valence-corrected chi connectivity index (χ1v) is 10.1. The fraction of sp³-hybridized carbons (Fsp3) is 0.400. The molecule has 0 aliphatic rings. The normalized spacial score (nSPS) is 11.0. The van der Waals surface area contributed by atoms with Gasteiger partial charge in [-0.3, -0.25) is 10.1 Å². The van der Waals surface area contributed by atoms with Gasteiger partial charge in [-0.15, -0.1) is 22.0 Å². The molecule has 0 radical (unpaired) electrons. The molecule has 1 heterocycles. The van der Waals surface area contributed by atoms with Crippen molar-refractivity contribution in [3.8, 4) is 0 Å². The van der Waals surface area contributed by atoms with E-state index in [-0.39, 0.29) is 11.7 Å². The van der Waals surface area contributed by atoms with Crippen LogP contribution in [0.3, 0.4) is 0 Å². The van der Waals surface area contributed by atoms with Gasteiger partial charge >= 0.3 is 0 Å². The molecule has 124 valence electrons. The second-order valence-electron chi connectivity index (χ2n) is 5.25. The first kappa shape index (κ1) is 18.2. The van der Waals surface area contributed by atoms with E-state index in [0.29, 0.717) is 22.6 Å². The van der Waals surface area contributed by atoms with E-state index in [9.17, 15) is 9.18 Å². The summed E-state index contributed by atoms with van der Waals surface area (Å²) in [7, 11) is 0. The van der Waals surface area contributed by atoms with E-state index in [1.165, 1.54) is 35.2 Å². The van der Waals surface area contributed by atoms with E-state index in [0.717, 1.165) is 15.7 Å². The summed E-state index contributed by atoms with van der Waals surface area (Å²) in [6, 6.07) is 6.30. The third-order valence-corrected chi connectivity index (χ3v) is 6.01. The minimum absolute atomic E-state index is 0.103. The van der Waals surface area contributed by atoms with Gasteiger partial charge in [-0.05, 0) is 23.6 Å². The molecule has 0 atom stereocenters. The van der Waals surface area contributed by atoms with Crippen LogP contribution in [0.25, 0.3) is 0 Å². The first-order valence-electron chi connectivity index (χ1n) is 7.11. The summed E-state index contributed by atoms with van der Waals surface area (Å²) < 4.78 is 13.7. The minimum Gasteiger partial charge on any atom is -0.300 e. The van der Waals surface area contributed by atoms with Crippen molar-refractivity contribution in [1.29, 1.82) is 0 Å². The Hall–Kier alpha value is -1.12. The van der Waals surface area contributed by atoms with Crippen LogP contribution in [0.1, 0.15) is 19.4 Å². The SMILES string of the molecule is CC(C)CSc1nnc(NC(=O)CSCc2ccc(F)cc2)s1. The molecule has 8 heteroatoms. The number of halogens is 1. The molecule has 0 aliphatic carbocycles. The highest BCUT2D eigenvalue weighted by atomic mass is 32.2. The van der Waals surface area contributed by atoms with Gasteiger partial charge in [-0.2, -0.15) is 0 Å². The molecule has 0 unspecified atom stereocenters. The predicted molar refractivity (Wildman–Crippen MR) is 96.7 cm³/mol. The molecule has 0 fully saturated rings. The van der Waals surface area contributed by atoms with Gasteiger partial charge in [0.25, 0.3) is 0 Å². The standard InChI is InChI=1S/C15H18FN3OS3/c1-10(2)7-22-15-19-18-14(23-15)17-13(20)9-21-8-11-3-5-12(16)6-4-11/h3-6,10H,7-9H2,1-2H3,(H,17,18,20).